The molecule has 2 heteroatoms. The predicted octanol–water partition coefficient (Wildman–Crippen LogP) is 9.60. The third-order valence-corrected chi connectivity index (χ3v) is 8.26. The van der Waals surface area contributed by atoms with Crippen molar-refractivity contribution < 1.29 is 0 Å². The molecule has 2 nitrogen and oxygen atoms in total. The summed E-state index contributed by atoms with van der Waals surface area (Å²) < 4.78 is 0. The van der Waals surface area contributed by atoms with Gasteiger partial charge in [-0.3, -0.25) is 0 Å². The van der Waals surface area contributed by atoms with E-state index in [2.05, 4.69) is 133 Å². The quantitative estimate of drug-likeness (QED) is 0.237. The van der Waals surface area contributed by atoms with Crippen LogP contribution < -0.4 is 0 Å². The van der Waals surface area contributed by atoms with Crippen LogP contribution in [0, 0.1) is 0 Å². The second-order valence-corrected chi connectivity index (χ2v) is 10.5. The molecule has 0 aliphatic heterocycles. The minimum Gasteiger partial charge on any atom is -0.228 e. The second kappa shape index (κ2) is 9.29. The van der Waals surface area contributed by atoms with Crippen molar-refractivity contribution in [2.24, 2.45) is 0 Å². The Morgan fingerprint density at radius 1 is 0.450 bits per heavy atom. The van der Waals surface area contributed by atoms with Crippen LogP contribution in [0.5, 0.6) is 0 Å². The summed E-state index contributed by atoms with van der Waals surface area (Å²) in [6.07, 6.45) is 9.08. The average molecular weight is 511 g/mol. The zero-order chi connectivity index (χ0) is 26.5. The lowest BCUT2D eigenvalue weighted by Crippen LogP contribution is -2.17. The number of hydrogen-bond donors (Lipinski definition) is 0. The Balaban J connectivity index is 1.44. The Bertz CT molecular complexity index is 1890. The van der Waals surface area contributed by atoms with E-state index in [1.165, 1.54) is 33.0 Å². The molecule has 40 heavy (non-hydrogen) atoms. The predicted molar refractivity (Wildman–Crippen MR) is 165 cm³/mol. The molecule has 0 N–H and O–H groups in total. The topological polar surface area (TPSA) is 25.8 Å². The van der Waals surface area contributed by atoms with E-state index in [4.69, 9.17) is 9.97 Å². The maximum Gasteiger partial charge on any atom is 0.161 e. The number of benzene rings is 5. The van der Waals surface area contributed by atoms with Gasteiger partial charge in [-0.2, -0.15) is 0 Å². The molecule has 2 aliphatic rings. The van der Waals surface area contributed by atoms with Gasteiger partial charge in [-0.05, 0) is 45.2 Å². The lowest BCUT2D eigenvalue weighted by molar-refractivity contribution is 0.721. The lowest BCUT2D eigenvalue weighted by atomic mass is 9.68. The molecule has 0 fully saturated rings. The van der Waals surface area contributed by atoms with E-state index in [0.717, 1.165) is 33.9 Å². The number of rotatable bonds is 3. The molecule has 0 bridgehead atoms. The van der Waals surface area contributed by atoms with Crippen LogP contribution in [0.25, 0.3) is 55.8 Å². The first-order chi connectivity index (χ1) is 19.8. The van der Waals surface area contributed by atoms with Gasteiger partial charge in [-0.25, -0.2) is 9.97 Å². The molecule has 2 aliphatic carbocycles. The SMILES string of the molecule is C1=CC2c3ccccc3-c3c(cc(-c4nc(-c5ccccc5)cc(-c5ccccc5)n4)c4ccccc34)C2C=C1. The Labute approximate surface area is 234 Å². The molecule has 1 aromatic heterocycles. The third kappa shape index (κ3) is 3.65. The van der Waals surface area contributed by atoms with Crippen molar-refractivity contribution in [3.63, 3.8) is 0 Å². The van der Waals surface area contributed by atoms with E-state index in [9.17, 15) is 0 Å². The van der Waals surface area contributed by atoms with Gasteiger partial charge in [0.2, 0.25) is 0 Å². The molecule has 5 aromatic carbocycles. The van der Waals surface area contributed by atoms with Gasteiger partial charge in [0.15, 0.2) is 5.82 Å². The zero-order valence-corrected chi connectivity index (χ0v) is 21.9. The van der Waals surface area contributed by atoms with Crippen LogP contribution >= 0.6 is 0 Å². The first-order valence-corrected chi connectivity index (χ1v) is 13.9. The highest BCUT2D eigenvalue weighted by Crippen LogP contribution is 2.53. The standard InChI is InChI=1S/C38H26N2/c1-3-13-25(14-4-1)35-24-36(26-15-5-2-6-16-26)40-38(39-35)34-23-33-29-19-8-7-17-27(29)28-18-9-11-21-31(28)37(33)32-22-12-10-20-30(32)34/h1-24,27,29H. The molecular weight excluding hydrogens is 484 g/mol. The molecule has 6 aromatic rings. The number of aromatic nitrogens is 2. The number of hydrogen-bond acceptors (Lipinski definition) is 2. The number of allylic oxidation sites excluding steroid dienone is 4. The van der Waals surface area contributed by atoms with Crippen molar-refractivity contribution in [2.45, 2.75) is 11.8 Å². The van der Waals surface area contributed by atoms with Gasteiger partial charge in [-0.15, -0.1) is 0 Å². The van der Waals surface area contributed by atoms with E-state index >= 15 is 0 Å². The Hall–Kier alpha value is -5.08. The first-order valence-electron chi connectivity index (χ1n) is 13.9. The fraction of sp³-hybridized carbons (Fsp3) is 0.0526. The van der Waals surface area contributed by atoms with Crippen LogP contribution in [0.2, 0.25) is 0 Å². The smallest absolute Gasteiger partial charge is 0.161 e. The van der Waals surface area contributed by atoms with E-state index in [0.29, 0.717) is 5.92 Å². The van der Waals surface area contributed by atoms with Gasteiger partial charge in [0.1, 0.15) is 0 Å². The summed E-state index contributed by atoms with van der Waals surface area (Å²) in [4.78, 5) is 10.4. The van der Waals surface area contributed by atoms with Crippen LogP contribution in [0.3, 0.4) is 0 Å². The summed E-state index contributed by atoms with van der Waals surface area (Å²) in [5.41, 5.74) is 10.5. The monoisotopic (exact) mass is 510 g/mol. The highest BCUT2D eigenvalue weighted by Gasteiger charge is 2.33. The largest absolute Gasteiger partial charge is 0.228 e. The van der Waals surface area contributed by atoms with E-state index in [1.807, 2.05) is 12.1 Å². The zero-order valence-electron chi connectivity index (χ0n) is 21.9. The average Bonchev–Trinajstić information content (AvgIpc) is 3.05. The molecular formula is C38H26N2. The summed E-state index contributed by atoms with van der Waals surface area (Å²) in [6.45, 7) is 0. The second-order valence-electron chi connectivity index (χ2n) is 10.5. The van der Waals surface area contributed by atoms with Crippen LogP contribution in [-0.2, 0) is 0 Å². The van der Waals surface area contributed by atoms with Gasteiger partial charge >= 0.3 is 0 Å². The normalized spacial score (nSPS) is 16.8. The van der Waals surface area contributed by atoms with Gasteiger partial charge in [0.05, 0.1) is 11.4 Å². The molecule has 1 heterocycles. The maximum absolute atomic E-state index is 5.20. The highest BCUT2D eigenvalue weighted by molar-refractivity contribution is 6.07. The fourth-order valence-corrected chi connectivity index (χ4v) is 6.44. The van der Waals surface area contributed by atoms with E-state index < -0.39 is 0 Å². The Morgan fingerprint density at radius 2 is 1.00 bits per heavy atom. The lowest BCUT2D eigenvalue weighted by Gasteiger charge is -2.35. The summed E-state index contributed by atoms with van der Waals surface area (Å²) in [6, 6.07) is 42.9. The molecule has 8 rings (SSSR count). The minimum atomic E-state index is 0.268. The summed E-state index contributed by atoms with van der Waals surface area (Å²) in [5, 5.41) is 2.42. The number of nitrogens with zero attached hydrogens (tertiary/aromatic N) is 2. The molecule has 0 saturated heterocycles. The highest BCUT2D eigenvalue weighted by atomic mass is 14.9. The van der Waals surface area contributed by atoms with Crippen molar-refractivity contribution in [1.29, 1.82) is 0 Å². The number of fused-ring (bicyclic) bond motifs is 8. The Morgan fingerprint density at radius 3 is 1.68 bits per heavy atom. The molecule has 2 atom stereocenters. The van der Waals surface area contributed by atoms with Crippen LogP contribution in [0.4, 0.5) is 0 Å². The van der Waals surface area contributed by atoms with Gasteiger partial charge in [0.25, 0.3) is 0 Å². The summed E-state index contributed by atoms with van der Waals surface area (Å²) in [5.74, 6) is 1.34. The fourth-order valence-electron chi connectivity index (χ4n) is 6.44. The van der Waals surface area contributed by atoms with E-state index in [-0.39, 0.29) is 5.92 Å². The molecule has 0 saturated carbocycles. The van der Waals surface area contributed by atoms with E-state index in [1.54, 1.807) is 0 Å². The van der Waals surface area contributed by atoms with Gasteiger partial charge in [-0.1, -0.05) is 133 Å². The van der Waals surface area contributed by atoms with Gasteiger partial charge < -0.3 is 0 Å². The maximum atomic E-state index is 5.20. The molecule has 0 spiro atoms. The third-order valence-electron chi connectivity index (χ3n) is 8.26. The molecule has 0 amide bonds. The van der Waals surface area contributed by atoms with Crippen molar-refractivity contribution >= 4 is 10.8 Å². The molecule has 188 valence electrons. The van der Waals surface area contributed by atoms with Crippen LogP contribution in [0.1, 0.15) is 23.0 Å². The van der Waals surface area contributed by atoms with Crippen molar-refractivity contribution in [1.82, 2.24) is 9.97 Å². The molecule has 2 unspecified atom stereocenters. The first kappa shape index (κ1) is 22.9. The van der Waals surface area contributed by atoms with Crippen LogP contribution in [-0.4, -0.2) is 9.97 Å². The summed E-state index contributed by atoms with van der Waals surface area (Å²) >= 11 is 0. The minimum absolute atomic E-state index is 0.268. The van der Waals surface area contributed by atoms with Crippen molar-refractivity contribution in [2.75, 3.05) is 0 Å². The van der Waals surface area contributed by atoms with Crippen LogP contribution in [0.15, 0.2) is 146 Å². The molecule has 0 radical (unpaired) electrons. The van der Waals surface area contributed by atoms with Crippen molar-refractivity contribution in [3.8, 4) is 45.0 Å². The van der Waals surface area contributed by atoms with Crippen molar-refractivity contribution in [3.05, 3.63) is 157 Å². The Kier molecular flexibility index (Phi) is 5.31. The van der Waals surface area contributed by atoms with Gasteiger partial charge in [0, 0.05) is 28.5 Å². The summed E-state index contributed by atoms with van der Waals surface area (Å²) in [7, 11) is 0.